The number of para-hydroxylation sites is 1. The molecule has 0 heterocycles. The molecule has 2 aromatic rings. The van der Waals surface area contributed by atoms with Gasteiger partial charge >= 0.3 is 0 Å². The van der Waals surface area contributed by atoms with Gasteiger partial charge in [-0.3, -0.25) is 9.69 Å². The van der Waals surface area contributed by atoms with Crippen LogP contribution in [0.4, 0.5) is 5.69 Å². The zero-order chi connectivity index (χ0) is 18.2. The average Bonchev–Trinajstić information content (AvgIpc) is 2.56. The molecule has 0 saturated heterocycles. The molecule has 25 heavy (non-hydrogen) atoms. The Kier molecular flexibility index (Phi) is 6.98. The van der Waals surface area contributed by atoms with Crippen LogP contribution in [-0.4, -0.2) is 41.1 Å². The highest BCUT2D eigenvalue weighted by Gasteiger charge is 2.16. The molecule has 0 aliphatic carbocycles. The van der Waals surface area contributed by atoms with E-state index < -0.39 is 6.10 Å². The number of aliphatic hydroxyl groups excluding tert-OH is 1. The fourth-order valence-corrected chi connectivity index (χ4v) is 2.41. The summed E-state index contributed by atoms with van der Waals surface area (Å²) in [6.45, 7) is 6.44. The fourth-order valence-electron chi connectivity index (χ4n) is 2.41. The third kappa shape index (κ3) is 6.57. The second-order valence-corrected chi connectivity index (χ2v) is 6.36. The third-order valence-corrected chi connectivity index (χ3v) is 3.69. The highest BCUT2D eigenvalue weighted by atomic mass is 16.5. The van der Waals surface area contributed by atoms with Crippen LogP contribution in [0.25, 0.3) is 0 Å². The van der Waals surface area contributed by atoms with Gasteiger partial charge in [0.05, 0.1) is 12.6 Å². The van der Waals surface area contributed by atoms with E-state index in [4.69, 9.17) is 4.74 Å². The van der Waals surface area contributed by atoms with Crippen molar-refractivity contribution in [2.45, 2.75) is 32.9 Å². The minimum Gasteiger partial charge on any atom is -0.457 e. The minimum atomic E-state index is -0.468. The minimum absolute atomic E-state index is 0.105. The summed E-state index contributed by atoms with van der Waals surface area (Å²) in [7, 11) is 0. The number of rotatable bonds is 8. The zero-order valence-electron chi connectivity index (χ0n) is 15.0. The van der Waals surface area contributed by atoms with Gasteiger partial charge in [-0.05, 0) is 57.2 Å². The highest BCUT2D eigenvalue weighted by molar-refractivity contribution is 5.92. The Balaban J connectivity index is 1.90. The number of carbonyl (C=O) groups excluding carboxylic acids is 1. The van der Waals surface area contributed by atoms with E-state index in [0.29, 0.717) is 18.0 Å². The van der Waals surface area contributed by atoms with Gasteiger partial charge in [-0.15, -0.1) is 0 Å². The van der Waals surface area contributed by atoms with E-state index in [9.17, 15) is 9.90 Å². The monoisotopic (exact) mass is 342 g/mol. The van der Waals surface area contributed by atoms with E-state index >= 15 is 0 Å². The standard InChI is InChI=1S/C20H26N2O3/c1-15(2)22(13-16(3)23)14-20(24)21-17-9-11-19(12-10-17)25-18-7-5-4-6-8-18/h4-12,15-16,23H,13-14H2,1-3H3,(H,21,24). The quantitative estimate of drug-likeness (QED) is 0.771. The Labute approximate surface area is 149 Å². The normalized spacial score (nSPS) is 12.2. The molecule has 0 aromatic heterocycles. The number of carbonyl (C=O) groups is 1. The van der Waals surface area contributed by atoms with Crippen molar-refractivity contribution in [2.24, 2.45) is 0 Å². The van der Waals surface area contributed by atoms with Gasteiger partial charge in [0.1, 0.15) is 11.5 Å². The molecular weight excluding hydrogens is 316 g/mol. The molecule has 2 rings (SSSR count). The molecule has 5 heteroatoms. The van der Waals surface area contributed by atoms with E-state index in [-0.39, 0.29) is 18.5 Å². The first-order valence-corrected chi connectivity index (χ1v) is 8.49. The number of hydrogen-bond acceptors (Lipinski definition) is 4. The van der Waals surface area contributed by atoms with Crippen LogP contribution in [0.2, 0.25) is 0 Å². The van der Waals surface area contributed by atoms with Gasteiger partial charge in [-0.2, -0.15) is 0 Å². The molecule has 5 nitrogen and oxygen atoms in total. The molecule has 1 amide bonds. The van der Waals surface area contributed by atoms with Gasteiger partial charge in [0, 0.05) is 18.3 Å². The van der Waals surface area contributed by atoms with E-state index in [1.165, 1.54) is 0 Å². The molecule has 1 atom stereocenters. The van der Waals surface area contributed by atoms with Crippen molar-refractivity contribution in [3.05, 3.63) is 54.6 Å². The number of benzene rings is 2. The predicted octanol–water partition coefficient (Wildman–Crippen LogP) is 3.51. The molecule has 1 unspecified atom stereocenters. The Morgan fingerprint density at radius 2 is 1.64 bits per heavy atom. The lowest BCUT2D eigenvalue weighted by Crippen LogP contribution is -2.41. The zero-order valence-corrected chi connectivity index (χ0v) is 15.0. The summed E-state index contributed by atoms with van der Waals surface area (Å²) in [5, 5.41) is 12.4. The summed E-state index contributed by atoms with van der Waals surface area (Å²) >= 11 is 0. The second-order valence-electron chi connectivity index (χ2n) is 6.36. The predicted molar refractivity (Wildman–Crippen MR) is 100.0 cm³/mol. The number of hydrogen-bond donors (Lipinski definition) is 2. The van der Waals surface area contributed by atoms with E-state index in [0.717, 1.165) is 5.75 Å². The number of nitrogens with one attached hydrogen (secondary N) is 1. The molecule has 0 fully saturated rings. The summed E-state index contributed by atoms with van der Waals surface area (Å²) in [5.74, 6) is 1.37. The van der Waals surface area contributed by atoms with Crippen molar-refractivity contribution in [2.75, 3.05) is 18.4 Å². The van der Waals surface area contributed by atoms with Gasteiger partial charge in [-0.25, -0.2) is 0 Å². The topological polar surface area (TPSA) is 61.8 Å². The van der Waals surface area contributed by atoms with Gasteiger partial charge in [-0.1, -0.05) is 18.2 Å². The lowest BCUT2D eigenvalue weighted by atomic mass is 10.2. The number of ether oxygens (including phenoxy) is 1. The SMILES string of the molecule is CC(O)CN(CC(=O)Nc1ccc(Oc2ccccc2)cc1)C(C)C. The van der Waals surface area contributed by atoms with Crippen molar-refractivity contribution in [3.8, 4) is 11.5 Å². The molecule has 2 aromatic carbocycles. The maximum absolute atomic E-state index is 12.2. The van der Waals surface area contributed by atoms with Gasteiger partial charge < -0.3 is 15.2 Å². The van der Waals surface area contributed by atoms with Crippen LogP contribution in [0.15, 0.2) is 54.6 Å². The Hall–Kier alpha value is -2.37. The fraction of sp³-hybridized carbons (Fsp3) is 0.350. The van der Waals surface area contributed by atoms with Crippen LogP contribution in [-0.2, 0) is 4.79 Å². The van der Waals surface area contributed by atoms with Crippen molar-refractivity contribution in [3.63, 3.8) is 0 Å². The van der Waals surface area contributed by atoms with Crippen LogP contribution in [0.5, 0.6) is 11.5 Å². The first kappa shape index (κ1) is 19.0. The maximum Gasteiger partial charge on any atom is 0.238 e. The highest BCUT2D eigenvalue weighted by Crippen LogP contribution is 2.22. The Bertz CT molecular complexity index is 654. The lowest BCUT2D eigenvalue weighted by Gasteiger charge is -2.26. The maximum atomic E-state index is 12.2. The molecule has 2 N–H and O–H groups in total. The molecule has 0 spiro atoms. The summed E-state index contributed by atoms with van der Waals surface area (Å²) in [6.07, 6.45) is -0.468. The first-order valence-electron chi connectivity index (χ1n) is 8.49. The number of amides is 1. The summed E-state index contributed by atoms with van der Waals surface area (Å²) in [6, 6.07) is 17.0. The van der Waals surface area contributed by atoms with Gasteiger partial charge in [0.25, 0.3) is 0 Å². The summed E-state index contributed by atoms with van der Waals surface area (Å²) < 4.78 is 5.73. The van der Waals surface area contributed by atoms with E-state index in [2.05, 4.69) is 5.32 Å². The molecule has 0 aliphatic heterocycles. The molecular formula is C20H26N2O3. The van der Waals surface area contributed by atoms with Gasteiger partial charge in [0.15, 0.2) is 0 Å². The lowest BCUT2D eigenvalue weighted by molar-refractivity contribution is -0.118. The van der Waals surface area contributed by atoms with Crippen LogP contribution in [0.1, 0.15) is 20.8 Å². The second kappa shape index (κ2) is 9.20. The van der Waals surface area contributed by atoms with Crippen molar-refractivity contribution < 1.29 is 14.6 Å². The van der Waals surface area contributed by atoms with E-state index in [1.807, 2.05) is 73.3 Å². The Morgan fingerprint density at radius 1 is 1.04 bits per heavy atom. The van der Waals surface area contributed by atoms with Crippen LogP contribution >= 0.6 is 0 Å². The van der Waals surface area contributed by atoms with Crippen molar-refractivity contribution in [1.29, 1.82) is 0 Å². The summed E-state index contributed by atoms with van der Waals surface area (Å²) in [4.78, 5) is 14.2. The first-order chi connectivity index (χ1) is 11.9. The molecule has 0 radical (unpaired) electrons. The van der Waals surface area contributed by atoms with Crippen LogP contribution in [0, 0.1) is 0 Å². The van der Waals surface area contributed by atoms with Crippen molar-refractivity contribution >= 4 is 11.6 Å². The Morgan fingerprint density at radius 3 is 2.20 bits per heavy atom. The molecule has 0 bridgehead atoms. The number of anilines is 1. The molecule has 0 aliphatic rings. The van der Waals surface area contributed by atoms with Gasteiger partial charge in [0.2, 0.25) is 5.91 Å². The van der Waals surface area contributed by atoms with Crippen molar-refractivity contribution in [1.82, 2.24) is 4.90 Å². The average molecular weight is 342 g/mol. The third-order valence-electron chi connectivity index (χ3n) is 3.69. The largest absolute Gasteiger partial charge is 0.457 e. The van der Waals surface area contributed by atoms with E-state index in [1.54, 1.807) is 6.92 Å². The number of nitrogens with zero attached hydrogens (tertiary/aromatic N) is 1. The molecule has 134 valence electrons. The smallest absolute Gasteiger partial charge is 0.238 e. The van der Waals surface area contributed by atoms with Crippen LogP contribution < -0.4 is 10.1 Å². The van der Waals surface area contributed by atoms with Crippen LogP contribution in [0.3, 0.4) is 0 Å². The summed E-state index contributed by atoms with van der Waals surface area (Å²) in [5.41, 5.74) is 0.714. The molecule has 0 saturated carbocycles. The number of aliphatic hydroxyl groups is 1.